The van der Waals surface area contributed by atoms with Gasteiger partial charge in [-0.3, -0.25) is 4.79 Å². The Kier molecular flexibility index (Phi) is 4.80. The molecule has 4 nitrogen and oxygen atoms in total. The van der Waals surface area contributed by atoms with Gasteiger partial charge in [-0.15, -0.1) is 0 Å². The van der Waals surface area contributed by atoms with Gasteiger partial charge in [0, 0.05) is 25.8 Å². The third-order valence-corrected chi connectivity index (χ3v) is 3.65. The Balaban J connectivity index is 2.06. The molecule has 1 atom stereocenters. The van der Waals surface area contributed by atoms with Crippen LogP contribution >= 0.6 is 0 Å². The van der Waals surface area contributed by atoms with Crippen molar-refractivity contribution in [1.29, 1.82) is 0 Å². The lowest BCUT2D eigenvalue weighted by Crippen LogP contribution is -2.41. The number of carbonyl (C=O) groups is 1. The van der Waals surface area contributed by atoms with Crippen LogP contribution in [0.4, 0.5) is 5.69 Å². The first kappa shape index (κ1) is 13.9. The van der Waals surface area contributed by atoms with Gasteiger partial charge in [-0.1, -0.05) is 19.1 Å². The van der Waals surface area contributed by atoms with Crippen LogP contribution in [0.25, 0.3) is 0 Å². The Bertz CT molecular complexity index is 416. The van der Waals surface area contributed by atoms with Gasteiger partial charge in [0.25, 0.3) is 0 Å². The lowest BCUT2D eigenvalue weighted by molar-refractivity contribution is -0.121. The minimum absolute atomic E-state index is 0.00961. The van der Waals surface area contributed by atoms with Crippen molar-refractivity contribution >= 4 is 11.6 Å². The van der Waals surface area contributed by atoms with Crippen LogP contribution in [0.1, 0.15) is 25.3 Å². The second kappa shape index (κ2) is 6.57. The zero-order chi connectivity index (χ0) is 13.7. The summed E-state index contributed by atoms with van der Waals surface area (Å²) in [5.41, 5.74) is 2.42. The minimum atomic E-state index is -0.00961. The van der Waals surface area contributed by atoms with Crippen molar-refractivity contribution in [2.75, 3.05) is 25.0 Å². The van der Waals surface area contributed by atoms with E-state index in [4.69, 9.17) is 0 Å². The van der Waals surface area contributed by atoms with Gasteiger partial charge >= 0.3 is 0 Å². The second-order valence-corrected chi connectivity index (χ2v) is 4.91. The van der Waals surface area contributed by atoms with Crippen molar-refractivity contribution in [3.63, 3.8) is 0 Å². The molecule has 2 rings (SSSR count). The fraction of sp³-hybridized carbons (Fsp3) is 0.533. The summed E-state index contributed by atoms with van der Waals surface area (Å²) < 4.78 is 0. The summed E-state index contributed by atoms with van der Waals surface area (Å²) in [6.45, 7) is 4.94. The topological polar surface area (TPSA) is 44.4 Å². The smallest absolute Gasteiger partial charge is 0.242 e. The third-order valence-electron chi connectivity index (χ3n) is 3.65. The van der Waals surface area contributed by atoms with Crippen LogP contribution in [0.5, 0.6) is 0 Å². The maximum atomic E-state index is 11.8. The highest BCUT2D eigenvalue weighted by molar-refractivity contribution is 5.85. The molecule has 4 heteroatoms. The van der Waals surface area contributed by atoms with E-state index >= 15 is 0 Å². The van der Waals surface area contributed by atoms with Crippen molar-refractivity contribution in [2.45, 2.75) is 32.4 Å². The molecular formula is C15H23N3O. The predicted octanol–water partition coefficient (Wildman–Crippen LogP) is 1.51. The fourth-order valence-electron chi connectivity index (χ4n) is 2.59. The second-order valence-electron chi connectivity index (χ2n) is 4.91. The standard InChI is InChI=1S/C15H23N3O/c1-3-17-11-12-6-8-13(9-7-12)18-10-4-5-14(18)15(19)16-2/h6-9,14,17H,3-5,10-11H2,1-2H3,(H,16,19). The van der Waals surface area contributed by atoms with Gasteiger partial charge in [0.2, 0.25) is 5.91 Å². The SMILES string of the molecule is CCNCc1ccc(N2CCCC2C(=O)NC)cc1. The fourth-order valence-corrected chi connectivity index (χ4v) is 2.59. The summed E-state index contributed by atoms with van der Waals surface area (Å²) in [7, 11) is 1.71. The van der Waals surface area contributed by atoms with E-state index in [2.05, 4.69) is 46.7 Å². The van der Waals surface area contributed by atoms with E-state index < -0.39 is 0 Å². The molecule has 0 spiro atoms. The summed E-state index contributed by atoms with van der Waals surface area (Å²) in [5.74, 6) is 0.120. The first-order valence-electron chi connectivity index (χ1n) is 7.04. The number of likely N-dealkylation sites (N-methyl/N-ethyl adjacent to an activating group) is 1. The number of nitrogens with zero attached hydrogens (tertiary/aromatic N) is 1. The molecule has 19 heavy (non-hydrogen) atoms. The van der Waals surface area contributed by atoms with E-state index in [-0.39, 0.29) is 11.9 Å². The number of benzene rings is 1. The minimum Gasteiger partial charge on any atom is -0.360 e. The average Bonchev–Trinajstić information content (AvgIpc) is 2.94. The van der Waals surface area contributed by atoms with Gasteiger partial charge in [0.05, 0.1) is 0 Å². The van der Waals surface area contributed by atoms with Crippen LogP contribution in [0.3, 0.4) is 0 Å². The Morgan fingerprint density at radius 3 is 2.74 bits per heavy atom. The number of nitrogens with one attached hydrogen (secondary N) is 2. The molecule has 1 unspecified atom stereocenters. The average molecular weight is 261 g/mol. The van der Waals surface area contributed by atoms with E-state index in [1.807, 2.05) is 0 Å². The van der Waals surface area contributed by atoms with Crippen molar-refractivity contribution in [3.05, 3.63) is 29.8 Å². The Labute approximate surface area is 115 Å². The molecule has 0 aromatic heterocycles. The molecule has 1 aliphatic rings. The van der Waals surface area contributed by atoms with Crippen molar-refractivity contribution < 1.29 is 4.79 Å². The normalized spacial score (nSPS) is 18.6. The molecule has 1 fully saturated rings. The first-order valence-corrected chi connectivity index (χ1v) is 7.04. The van der Waals surface area contributed by atoms with Crippen molar-refractivity contribution in [1.82, 2.24) is 10.6 Å². The van der Waals surface area contributed by atoms with E-state index in [1.165, 1.54) is 5.56 Å². The highest BCUT2D eigenvalue weighted by Crippen LogP contribution is 2.25. The van der Waals surface area contributed by atoms with Crippen LogP contribution in [0.15, 0.2) is 24.3 Å². The number of amides is 1. The number of carbonyl (C=O) groups excluding carboxylic acids is 1. The van der Waals surface area contributed by atoms with Crippen LogP contribution in [-0.4, -0.2) is 32.1 Å². The number of rotatable bonds is 5. The molecule has 1 aromatic rings. The summed E-state index contributed by atoms with van der Waals surface area (Å²) in [6, 6.07) is 8.50. The van der Waals surface area contributed by atoms with Gasteiger partial charge < -0.3 is 15.5 Å². The zero-order valence-corrected chi connectivity index (χ0v) is 11.8. The highest BCUT2D eigenvalue weighted by atomic mass is 16.2. The molecule has 0 radical (unpaired) electrons. The van der Waals surface area contributed by atoms with E-state index in [9.17, 15) is 4.79 Å². The monoisotopic (exact) mass is 261 g/mol. The number of hydrogen-bond donors (Lipinski definition) is 2. The van der Waals surface area contributed by atoms with E-state index in [1.54, 1.807) is 7.05 Å². The summed E-state index contributed by atoms with van der Waals surface area (Å²) in [4.78, 5) is 14.0. The van der Waals surface area contributed by atoms with E-state index in [0.29, 0.717) is 0 Å². The largest absolute Gasteiger partial charge is 0.360 e. The van der Waals surface area contributed by atoms with Crippen LogP contribution in [0.2, 0.25) is 0 Å². The van der Waals surface area contributed by atoms with Crippen LogP contribution < -0.4 is 15.5 Å². The molecule has 1 heterocycles. The zero-order valence-electron chi connectivity index (χ0n) is 11.8. The summed E-state index contributed by atoms with van der Waals surface area (Å²) in [5, 5.41) is 6.07. The van der Waals surface area contributed by atoms with Crippen LogP contribution in [-0.2, 0) is 11.3 Å². The van der Waals surface area contributed by atoms with Gasteiger partial charge in [-0.2, -0.15) is 0 Å². The number of hydrogen-bond acceptors (Lipinski definition) is 3. The third kappa shape index (κ3) is 3.26. The molecule has 1 aliphatic heterocycles. The molecule has 2 N–H and O–H groups in total. The molecule has 1 saturated heterocycles. The Hall–Kier alpha value is -1.55. The molecular weight excluding hydrogens is 238 g/mol. The lowest BCUT2D eigenvalue weighted by Gasteiger charge is -2.25. The van der Waals surface area contributed by atoms with Crippen LogP contribution in [0, 0.1) is 0 Å². The molecule has 104 valence electrons. The Morgan fingerprint density at radius 1 is 1.37 bits per heavy atom. The molecule has 0 bridgehead atoms. The first-order chi connectivity index (χ1) is 9.26. The van der Waals surface area contributed by atoms with Gasteiger partial charge in [0.1, 0.15) is 6.04 Å². The summed E-state index contributed by atoms with van der Waals surface area (Å²) in [6.07, 6.45) is 2.02. The Morgan fingerprint density at radius 2 is 2.11 bits per heavy atom. The molecule has 0 saturated carbocycles. The maximum Gasteiger partial charge on any atom is 0.242 e. The quantitative estimate of drug-likeness (QED) is 0.844. The maximum absolute atomic E-state index is 11.8. The van der Waals surface area contributed by atoms with Gasteiger partial charge in [0.15, 0.2) is 0 Å². The van der Waals surface area contributed by atoms with Gasteiger partial charge in [-0.25, -0.2) is 0 Å². The predicted molar refractivity (Wildman–Crippen MR) is 78.3 cm³/mol. The van der Waals surface area contributed by atoms with Crippen molar-refractivity contribution in [3.8, 4) is 0 Å². The van der Waals surface area contributed by atoms with Gasteiger partial charge in [-0.05, 0) is 37.1 Å². The van der Waals surface area contributed by atoms with E-state index in [0.717, 1.165) is 38.2 Å². The molecule has 1 aromatic carbocycles. The lowest BCUT2D eigenvalue weighted by atomic mass is 10.1. The molecule has 1 amide bonds. The summed E-state index contributed by atoms with van der Waals surface area (Å²) >= 11 is 0. The number of anilines is 1. The molecule has 0 aliphatic carbocycles. The van der Waals surface area contributed by atoms with Crippen molar-refractivity contribution in [2.24, 2.45) is 0 Å². The highest BCUT2D eigenvalue weighted by Gasteiger charge is 2.29.